The largest absolute Gasteiger partial charge is 0.232 e. The molecule has 0 saturated heterocycles. The average Bonchev–Trinajstić information content (AvgIpc) is 2.29. The minimum atomic E-state index is 0.452. The van der Waals surface area contributed by atoms with Crippen molar-refractivity contribution in [1.82, 2.24) is 9.97 Å². The first-order valence-corrected chi connectivity index (χ1v) is 6.44. The molecule has 2 nitrogen and oxygen atoms in total. The van der Waals surface area contributed by atoms with Crippen LogP contribution in [0.3, 0.4) is 0 Å². The topological polar surface area (TPSA) is 25.8 Å². The van der Waals surface area contributed by atoms with Gasteiger partial charge in [0.05, 0.1) is 10.2 Å². The van der Waals surface area contributed by atoms with E-state index in [0.717, 1.165) is 15.7 Å². The number of rotatable bonds is 1. The van der Waals surface area contributed by atoms with Crippen LogP contribution in [0.15, 0.2) is 22.7 Å². The van der Waals surface area contributed by atoms with Gasteiger partial charge in [-0.15, -0.1) is 0 Å². The van der Waals surface area contributed by atoms with Gasteiger partial charge in [0.25, 0.3) is 0 Å². The normalized spacial score (nSPS) is 10.6. The zero-order valence-electron chi connectivity index (χ0n) is 9.88. The van der Waals surface area contributed by atoms with Crippen molar-refractivity contribution in [3.8, 4) is 11.4 Å². The summed E-state index contributed by atoms with van der Waals surface area (Å²) in [7, 11) is 0. The average molecular weight is 312 g/mol. The summed E-state index contributed by atoms with van der Waals surface area (Å²) in [6, 6.07) is 6.10. The molecule has 1 aromatic carbocycles. The van der Waals surface area contributed by atoms with E-state index >= 15 is 0 Å². The monoisotopic (exact) mass is 310 g/mol. The second-order valence-electron chi connectivity index (χ2n) is 3.98. The molecule has 0 radical (unpaired) electrons. The number of aromatic nitrogens is 2. The molecule has 17 heavy (non-hydrogen) atoms. The van der Waals surface area contributed by atoms with E-state index in [2.05, 4.69) is 45.8 Å². The molecule has 0 amide bonds. The summed E-state index contributed by atoms with van der Waals surface area (Å²) >= 11 is 9.42. The van der Waals surface area contributed by atoms with E-state index in [1.54, 1.807) is 0 Å². The third-order valence-corrected chi connectivity index (χ3v) is 4.27. The zero-order valence-corrected chi connectivity index (χ0v) is 12.2. The molecule has 0 aliphatic carbocycles. The Bertz CT molecular complexity index is 559. The van der Waals surface area contributed by atoms with Crippen LogP contribution in [0.2, 0.25) is 5.15 Å². The molecule has 1 heterocycles. The van der Waals surface area contributed by atoms with Crippen molar-refractivity contribution in [3.63, 3.8) is 0 Å². The predicted molar refractivity (Wildman–Crippen MR) is 74.4 cm³/mol. The predicted octanol–water partition coefficient (Wildman–Crippen LogP) is 4.48. The minimum Gasteiger partial charge on any atom is -0.232 e. The number of aryl methyl sites for hydroxylation is 2. The quantitative estimate of drug-likeness (QED) is 0.725. The number of hydrogen-bond acceptors (Lipinski definition) is 2. The zero-order chi connectivity index (χ0) is 12.6. The van der Waals surface area contributed by atoms with Crippen molar-refractivity contribution >= 4 is 27.5 Å². The third-order valence-electron chi connectivity index (χ3n) is 2.82. The molecule has 2 rings (SSSR count). The molecule has 2 aromatic rings. The van der Waals surface area contributed by atoms with Gasteiger partial charge in [0.1, 0.15) is 5.15 Å². The van der Waals surface area contributed by atoms with Crippen LogP contribution in [-0.2, 0) is 0 Å². The number of hydrogen-bond donors (Lipinski definition) is 0. The lowest BCUT2D eigenvalue weighted by Crippen LogP contribution is -1.97. The Morgan fingerprint density at radius 3 is 2.47 bits per heavy atom. The lowest BCUT2D eigenvalue weighted by atomic mass is 10.0. The molecular weight excluding hydrogens is 300 g/mol. The van der Waals surface area contributed by atoms with Crippen LogP contribution in [0.5, 0.6) is 0 Å². The molecule has 0 aliphatic heterocycles. The van der Waals surface area contributed by atoms with E-state index in [4.69, 9.17) is 11.6 Å². The van der Waals surface area contributed by atoms with Gasteiger partial charge in [-0.3, -0.25) is 0 Å². The molecule has 0 saturated carbocycles. The number of nitrogens with zero attached hydrogens (tertiary/aromatic N) is 2. The Morgan fingerprint density at radius 1 is 1.12 bits per heavy atom. The minimum absolute atomic E-state index is 0.452. The molecule has 0 atom stereocenters. The molecule has 0 fully saturated rings. The maximum Gasteiger partial charge on any atom is 0.161 e. The fourth-order valence-electron chi connectivity index (χ4n) is 1.64. The van der Waals surface area contributed by atoms with Gasteiger partial charge in [-0.2, -0.15) is 0 Å². The second kappa shape index (κ2) is 4.75. The maximum absolute atomic E-state index is 6.06. The van der Waals surface area contributed by atoms with Crippen LogP contribution in [-0.4, -0.2) is 9.97 Å². The maximum atomic E-state index is 6.06. The molecule has 4 heteroatoms. The number of benzene rings is 1. The van der Waals surface area contributed by atoms with Gasteiger partial charge < -0.3 is 0 Å². The van der Waals surface area contributed by atoms with Crippen LogP contribution in [0, 0.1) is 20.8 Å². The Morgan fingerprint density at radius 2 is 1.82 bits per heavy atom. The van der Waals surface area contributed by atoms with E-state index in [1.165, 1.54) is 11.1 Å². The fraction of sp³-hybridized carbons (Fsp3) is 0.231. The first kappa shape index (κ1) is 12.5. The molecule has 1 aromatic heterocycles. The molecule has 0 aliphatic rings. The smallest absolute Gasteiger partial charge is 0.161 e. The highest BCUT2D eigenvalue weighted by Gasteiger charge is 2.11. The summed E-state index contributed by atoms with van der Waals surface area (Å²) in [5, 5.41) is 0.452. The van der Waals surface area contributed by atoms with Crippen molar-refractivity contribution < 1.29 is 0 Å². The highest BCUT2D eigenvalue weighted by Crippen LogP contribution is 2.28. The summed E-state index contributed by atoms with van der Waals surface area (Å²) < 4.78 is 0.758. The molecular formula is C13H12BrClN2. The van der Waals surface area contributed by atoms with E-state index in [1.807, 2.05) is 19.1 Å². The van der Waals surface area contributed by atoms with Crippen LogP contribution in [0.1, 0.15) is 16.8 Å². The Balaban J connectivity index is 2.65. The van der Waals surface area contributed by atoms with Gasteiger partial charge in [-0.1, -0.05) is 29.8 Å². The van der Waals surface area contributed by atoms with Gasteiger partial charge in [0, 0.05) is 5.56 Å². The summed E-state index contributed by atoms with van der Waals surface area (Å²) in [6.07, 6.45) is 0. The van der Waals surface area contributed by atoms with Gasteiger partial charge in [0.15, 0.2) is 5.82 Å². The van der Waals surface area contributed by atoms with Crippen molar-refractivity contribution in [2.45, 2.75) is 20.8 Å². The fourth-order valence-corrected chi connectivity index (χ4v) is 2.03. The summed E-state index contributed by atoms with van der Waals surface area (Å²) in [4.78, 5) is 8.78. The summed E-state index contributed by atoms with van der Waals surface area (Å²) in [5.41, 5.74) is 4.29. The molecule has 0 N–H and O–H groups in total. The van der Waals surface area contributed by atoms with Crippen molar-refractivity contribution in [2.24, 2.45) is 0 Å². The highest BCUT2D eigenvalue weighted by atomic mass is 79.9. The highest BCUT2D eigenvalue weighted by molar-refractivity contribution is 9.10. The molecule has 88 valence electrons. The Kier molecular flexibility index (Phi) is 3.50. The Hall–Kier alpha value is -0.930. The third kappa shape index (κ3) is 2.35. The van der Waals surface area contributed by atoms with Gasteiger partial charge in [0.2, 0.25) is 0 Å². The first-order valence-electron chi connectivity index (χ1n) is 5.27. The van der Waals surface area contributed by atoms with E-state index in [0.29, 0.717) is 11.0 Å². The molecule has 0 bridgehead atoms. The van der Waals surface area contributed by atoms with Crippen molar-refractivity contribution in [2.75, 3.05) is 0 Å². The second-order valence-corrected chi connectivity index (χ2v) is 5.14. The standard InChI is InChI=1S/C13H12BrClN2/c1-7-5-4-6-10(8(7)2)13-16-9(3)11(14)12(15)17-13/h4-6H,1-3H3. The lowest BCUT2D eigenvalue weighted by Gasteiger charge is -2.09. The van der Waals surface area contributed by atoms with E-state index < -0.39 is 0 Å². The molecule has 0 spiro atoms. The van der Waals surface area contributed by atoms with Gasteiger partial charge in [-0.25, -0.2) is 9.97 Å². The van der Waals surface area contributed by atoms with Crippen LogP contribution in [0.25, 0.3) is 11.4 Å². The van der Waals surface area contributed by atoms with Crippen LogP contribution >= 0.6 is 27.5 Å². The van der Waals surface area contributed by atoms with Crippen LogP contribution in [0.4, 0.5) is 0 Å². The lowest BCUT2D eigenvalue weighted by molar-refractivity contribution is 1.09. The van der Waals surface area contributed by atoms with Crippen molar-refractivity contribution in [1.29, 1.82) is 0 Å². The SMILES string of the molecule is Cc1cccc(-c2nc(C)c(Br)c(Cl)n2)c1C. The summed E-state index contributed by atoms with van der Waals surface area (Å²) in [6.45, 7) is 6.05. The number of halogens is 2. The molecule has 0 unspecified atom stereocenters. The first-order chi connectivity index (χ1) is 8.00. The van der Waals surface area contributed by atoms with Gasteiger partial charge >= 0.3 is 0 Å². The van der Waals surface area contributed by atoms with Crippen molar-refractivity contribution in [3.05, 3.63) is 44.6 Å². The van der Waals surface area contributed by atoms with Crippen LogP contribution < -0.4 is 0 Å². The van der Waals surface area contributed by atoms with E-state index in [-0.39, 0.29) is 0 Å². The Labute approximate surface area is 114 Å². The summed E-state index contributed by atoms with van der Waals surface area (Å²) in [5.74, 6) is 0.678. The van der Waals surface area contributed by atoms with E-state index in [9.17, 15) is 0 Å². The van der Waals surface area contributed by atoms with Gasteiger partial charge in [-0.05, 0) is 47.8 Å².